The van der Waals surface area contributed by atoms with Gasteiger partial charge in [-0.2, -0.15) is 0 Å². The van der Waals surface area contributed by atoms with Crippen molar-refractivity contribution in [1.29, 1.82) is 0 Å². The van der Waals surface area contributed by atoms with Crippen LogP contribution in [0.15, 0.2) is 11.1 Å². The Hall–Kier alpha value is -0.830. The highest BCUT2D eigenvalue weighted by atomic mass is 35.5. The number of amides is 2. The van der Waals surface area contributed by atoms with Gasteiger partial charge in [-0.15, -0.1) is 0 Å². The van der Waals surface area contributed by atoms with Crippen LogP contribution in [0.5, 0.6) is 0 Å². The normalized spacial score (nSPS) is 33.6. The maximum absolute atomic E-state index is 12.4. The van der Waals surface area contributed by atoms with E-state index < -0.39 is 0 Å². The zero-order chi connectivity index (χ0) is 12.7. The average molecular weight is 268 g/mol. The van der Waals surface area contributed by atoms with Crippen molar-refractivity contribution in [2.45, 2.75) is 51.0 Å². The van der Waals surface area contributed by atoms with Crippen LogP contribution in [-0.4, -0.2) is 22.8 Å². The van der Waals surface area contributed by atoms with Crippen LogP contribution < -0.4 is 0 Å². The number of carbonyl (C=O) groups excluding carboxylic acids is 2. The van der Waals surface area contributed by atoms with E-state index in [0.717, 1.165) is 30.7 Å². The number of imide groups is 1. The van der Waals surface area contributed by atoms with Crippen LogP contribution in [0, 0.1) is 11.8 Å². The Morgan fingerprint density at radius 3 is 2.44 bits per heavy atom. The second-order valence-corrected chi connectivity index (χ2v) is 6.13. The van der Waals surface area contributed by atoms with E-state index in [2.05, 4.69) is 0 Å². The van der Waals surface area contributed by atoms with Gasteiger partial charge in [0.05, 0.1) is 11.8 Å². The molecule has 18 heavy (non-hydrogen) atoms. The van der Waals surface area contributed by atoms with Crippen molar-refractivity contribution in [3.63, 3.8) is 0 Å². The number of allylic oxidation sites excluding steroid dienone is 2. The summed E-state index contributed by atoms with van der Waals surface area (Å²) < 4.78 is 0. The summed E-state index contributed by atoms with van der Waals surface area (Å²) in [7, 11) is 0. The molecule has 1 saturated carbocycles. The van der Waals surface area contributed by atoms with Crippen molar-refractivity contribution < 1.29 is 9.59 Å². The standard InChI is InChI=1S/C14H18ClNO2/c15-9-6-7-11-12(8-9)14(18)16(13(11)17)10-4-2-1-3-5-10/h6,10-12H,1-5,7-8H2/t11-,12+/m1/s1. The van der Waals surface area contributed by atoms with Crippen LogP contribution in [-0.2, 0) is 9.59 Å². The van der Waals surface area contributed by atoms with E-state index in [0.29, 0.717) is 12.8 Å². The number of hydrogen-bond acceptors (Lipinski definition) is 2. The lowest BCUT2D eigenvalue weighted by Gasteiger charge is -2.29. The first-order valence-corrected chi connectivity index (χ1v) is 7.27. The van der Waals surface area contributed by atoms with Crippen molar-refractivity contribution in [3.05, 3.63) is 11.1 Å². The van der Waals surface area contributed by atoms with E-state index in [-0.39, 0.29) is 29.7 Å². The van der Waals surface area contributed by atoms with Crippen molar-refractivity contribution in [2.75, 3.05) is 0 Å². The third kappa shape index (κ3) is 1.89. The Bertz CT molecular complexity index is 412. The van der Waals surface area contributed by atoms with Crippen molar-refractivity contribution in [2.24, 2.45) is 11.8 Å². The molecule has 4 heteroatoms. The van der Waals surface area contributed by atoms with Gasteiger partial charge in [-0.1, -0.05) is 36.9 Å². The monoisotopic (exact) mass is 267 g/mol. The number of fused-ring (bicyclic) bond motifs is 1. The summed E-state index contributed by atoms with van der Waals surface area (Å²) in [6.07, 6.45) is 8.56. The van der Waals surface area contributed by atoms with Gasteiger partial charge in [-0.05, 0) is 25.7 Å². The van der Waals surface area contributed by atoms with Crippen LogP contribution in [0.3, 0.4) is 0 Å². The fourth-order valence-corrected chi connectivity index (χ4v) is 3.81. The maximum Gasteiger partial charge on any atom is 0.233 e. The molecule has 2 amide bonds. The minimum absolute atomic E-state index is 0.0307. The van der Waals surface area contributed by atoms with Gasteiger partial charge in [0, 0.05) is 11.1 Å². The first-order chi connectivity index (χ1) is 8.68. The molecule has 1 saturated heterocycles. The zero-order valence-electron chi connectivity index (χ0n) is 10.4. The maximum atomic E-state index is 12.4. The number of hydrogen-bond donors (Lipinski definition) is 0. The molecule has 3 aliphatic rings. The molecule has 0 spiro atoms. The molecule has 0 aromatic carbocycles. The first kappa shape index (κ1) is 12.2. The summed E-state index contributed by atoms with van der Waals surface area (Å²) >= 11 is 6.01. The van der Waals surface area contributed by atoms with E-state index in [9.17, 15) is 9.59 Å². The highest BCUT2D eigenvalue weighted by Gasteiger charge is 2.50. The van der Waals surface area contributed by atoms with Crippen molar-refractivity contribution in [3.8, 4) is 0 Å². The molecule has 1 aliphatic heterocycles. The van der Waals surface area contributed by atoms with Gasteiger partial charge in [0.2, 0.25) is 11.8 Å². The molecule has 0 aromatic rings. The Balaban J connectivity index is 1.81. The fraction of sp³-hybridized carbons (Fsp3) is 0.714. The zero-order valence-corrected chi connectivity index (χ0v) is 11.2. The summed E-state index contributed by atoms with van der Waals surface area (Å²) in [5, 5.41) is 0.739. The third-order valence-corrected chi connectivity index (χ3v) is 4.85. The van der Waals surface area contributed by atoms with Crippen molar-refractivity contribution >= 4 is 23.4 Å². The van der Waals surface area contributed by atoms with Gasteiger partial charge >= 0.3 is 0 Å². The predicted octanol–water partition coefficient (Wildman–Crippen LogP) is 2.84. The number of rotatable bonds is 1. The van der Waals surface area contributed by atoms with Crippen LogP contribution >= 0.6 is 11.6 Å². The first-order valence-electron chi connectivity index (χ1n) is 6.90. The van der Waals surface area contributed by atoms with E-state index in [1.54, 1.807) is 4.90 Å². The molecular formula is C14H18ClNO2. The SMILES string of the molecule is O=C1[C@H]2CC(Cl)=CC[C@H]2C(=O)N1C1CCCCC1. The van der Waals surface area contributed by atoms with Gasteiger partial charge < -0.3 is 0 Å². The quantitative estimate of drug-likeness (QED) is 0.685. The molecule has 1 heterocycles. The minimum Gasteiger partial charge on any atom is -0.279 e. The summed E-state index contributed by atoms with van der Waals surface area (Å²) in [4.78, 5) is 26.4. The highest BCUT2D eigenvalue weighted by Crippen LogP contribution is 2.41. The molecule has 0 N–H and O–H groups in total. The van der Waals surface area contributed by atoms with Gasteiger partial charge in [-0.25, -0.2) is 0 Å². The largest absolute Gasteiger partial charge is 0.279 e. The van der Waals surface area contributed by atoms with Crippen LogP contribution in [0.25, 0.3) is 0 Å². The lowest BCUT2D eigenvalue weighted by Crippen LogP contribution is -2.41. The van der Waals surface area contributed by atoms with Gasteiger partial charge in [0.1, 0.15) is 0 Å². The lowest BCUT2D eigenvalue weighted by atomic mass is 9.85. The Morgan fingerprint density at radius 2 is 1.72 bits per heavy atom. The second kappa shape index (κ2) is 4.69. The molecule has 2 fully saturated rings. The molecule has 0 radical (unpaired) electrons. The number of likely N-dealkylation sites (tertiary alicyclic amines) is 1. The van der Waals surface area contributed by atoms with Crippen molar-refractivity contribution in [1.82, 2.24) is 4.90 Å². The fourth-order valence-electron chi connectivity index (χ4n) is 3.55. The average Bonchev–Trinajstić information content (AvgIpc) is 2.63. The second-order valence-electron chi connectivity index (χ2n) is 5.64. The topological polar surface area (TPSA) is 37.4 Å². The summed E-state index contributed by atoms with van der Waals surface area (Å²) in [6.45, 7) is 0. The highest BCUT2D eigenvalue weighted by molar-refractivity contribution is 6.30. The predicted molar refractivity (Wildman–Crippen MR) is 68.9 cm³/mol. The van der Waals surface area contributed by atoms with Gasteiger partial charge in [-0.3, -0.25) is 14.5 Å². The Kier molecular flexibility index (Phi) is 3.18. The molecule has 2 aliphatic carbocycles. The van der Waals surface area contributed by atoms with Gasteiger partial charge in [0.15, 0.2) is 0 Å². The lowest BCUT2D eigenvalue weighted by molar-refractivity contribution is -0.143. The van der Waals surface area contributed by atoms with Crippen LogP contribution in [0.1, 0.15) is 44.9 Å². The van der Waals surface area contributed by atoms with E-state index >= 15 is 0 Å². The Labute approximate surface area is 112 Å². The third-order valence-electron chi connectivity index (χ3n) is 4.54. The summed E-state index contributed by atoms with van der Waals surface area (Å²) in [5.74, 6) is -0.237. The van der Waals surface area contributed by atoms with Crippen LogP contribution in [0.4, 0.5) is 0 Å². The number of carbonyl (C=O) groups is 2. The molecular weight excluding hydrogens is 250 g/mol. The van der Waals surface area contributed by atoms with Crippen LogP contribution in [0.2, 0.25) is 0 Å². The molecule has 0 bridgehead atoms. The van der Waals surface area contributed by atoms with E-state index in [1.807, 2.05) is 6.08 Å². The number of nitrogens with zero attached hydrogens (tertiary/aromatic N) is 1. The minimum atomic E-state index is -0.183. The summed E-state index contributed by atoms with van der Waals surface area (Å²) in [6, 6.07) is 0.156. The Morgan fingerprint density at radius 1 is 1.06 bits per heavy atom. The molecule has 98 valence electrons. The van der Waals surface area contributed by atoms with E-state index in [4.69, 9.17) is 11.6 Å². The molecule has 0 aromatic heterocycles. The van der Waals surface area contributed by atoms with E-state index in [1.165, 1.54) is 6.42 Å². The summed E-state index contributed by atoms with van der Waals surface area (Å²) in [5.41, 5.74) is 0. The number of halogens is 1. The smallest absolute Gasteiger partial charge is 0.233 e. The molecule has 3 rings (SSSR count). The van der Waals surface area contributed by atoms with Gasteiger partial charge in [0.25, 0.3) is 0 Å². The molecule has 2 atom stereocenters. The molecule has 3 nitrogen and oxygen atoms in total. The molecule has 0 unspecified atom stereocenters.